The van der Waals surface area contributed by atoms with Crippen molar-refractivity contribution in [2.75, 3.05) is 13.1 Å². The molecule has 1 spiro atoms. The lowest BCUT2D eigenvalue weighted by Gasteiger charge is -2.58. The van der Waals surface area contributed by atoms with Crippen LogP contribution in [0.15, 0.2) is 73.4 Å². The molecule has 38 heavy (non-hydrogen) atoms. The highest BCUT2D eigenvalue weighted by atomic mass is 16.3. The molecule has 7 rings (SSSR count). The van der Waals surface area contributed by atoms with Crippen molar-refractivity contribution in [1.29, 1.82) is 0 Å². The molecule has 0 radical (unpaired) electrons. The molecule has 1 saturated carbocycles. The number of amides is 1. The Morgan fingerprint density at radius 2 is 1.87 bits per heavy atom. The highest BCUT2D eigenvalue weighted by molar-refractivity contribution is 6.00. The normalized spacial score (nSPS) is 16.6. The van der Waals surface area contributed by atoms with Gasteiger partial charge < -0.3 is 14.6 Å². The van der Waals surface area contributed by atoms with Gasteiger partial charge in [0.15, 0.2) is 0 Å². The summed E-state index contributed by atoms with van der Waals surface area (Å²) in [6.07, 6.45) is 5.31. The van der Waals surface area contributed by atoms with Gasteiger partial charge in [0.25, 0.3) is 0 Å². The summed E-state index contributed by atoms with van der Waals surface area (Å²) >= 11 is 0. The summed E-state index contributed by atoms with van der Waals surface area (Å²) in [6.45, 7) is 5.22. The Balaban J connectivity index is 1.35. The molecule has 7 nitrogen and oxygen atoms in total. The Bertz CT molecular complexity index is 1760. The number of carbonyl (C=O) groups is 1. The van der Waals surface area contributed by atoms with E-state index in [1.807, 2.05) is 47.1 Å². The molecule has 2 aliphatic rings. The number of carbonyl (C=O) groups excluding carboxylic acids is 1. The van der Waals surface area contributed by atoms with E-state index in [0.29, 0.717) is 5.92 Å². The first-order chi connectivity index (χ1) is 18.4. The van der Waals surface area contributed by atoms with Crippen LogP contribution in [0.4, 0.5) is 0 Å². The molecular weight excluding hydrogens is 474 g/mol. The van der Waals surface area contributed by atoms with E-state index >= 15 is 0 Å². The van der Waals surface area contributed by atoms with Crippen LogP contribution in [0.5, 0.6) is 5.75 Å². The van der Waals surface area contributed by atoms with Gasteiger partial charge in [-0.2, -0.15) is 5.10 Å². The van der Waals surface area contributed by atoms with Crippen LogP contribution in [0.2, 0.25) is 0 Å². The van der Waals surface area contributed by atoms with E-state index in [0.717, 1.165) is 75.9 Å². The van der Waals surface area contributed by atoms with Crippen molar-refractivity contribution in [3.8, 4) is 28.3 Å². The Hall–Kier alpha value is -4.39. The predicted molar refractivity (Wildman–Crippen MR) is 149 cm³/mol. The van der Waals surface area contributed by atoms with Crippen molar-refractivity contribution in [1.82, 2.24) is 24.2 Å². The Morgan fingerprint density at radius 3 is 2.66 bits per heavy atom. The van der Waals surface area contributed by atoms with Crippen molar-refractivity contribution in [3.05, 3.63) is 79.3 Å². The van der Waals surface area contributed by atoms with Gasteiger partial charge in [-0.25, -0.2) is 4.98 Å². The van der Waals surface area contributed by atoms with Gasteiger partial charge in [0.2, 0.25) is 5.91 Å². The van der Waals surface area contributed by atoms with E-state index in [4.69, 9.17) is 4.98 Å². The number of benzene rings is 3. The van der Waals surface area contributed by atoms with Gasteiger partial charge in [-0.15, -0.1) is 0 Å². The van der Waals surface area contributed by atoms with E-state index in [2.05, 4.69) is 47.6 Å². The highest BCUT2D eigenvalue weighted by Gasteiger charge is 2.54. The molecule has 2 fully saturated rings. The lowest BCUT2D eigenvalue weighted by molar-refractivity contribution is -0.146. The number of phenols is 1. The standard InChI is InChI=1S/C31H29N5O2/c1-4-27(38)36-17-31(18-36)14-22(15-31)30-33-28(20-9-10-26-21(11-20)16-32-35(26)3)29(34(30)2)25-13-23(37)12-19-7-5-6-8-24(19)25/h4-13,16,22,37H,1,14-15,17-18H2,2-3H3. The third-order valence-electron chi connectivity index (χ3n) is 8.51. The smallest absolute Gasteiger partial charge is 0.245 e. The van der Waals surface area contributed by atoms with Crippen LogP contribution < -0.4 is 0 Å². The van der Waals surface area contributed by atoms with Gasteiger partial charge >= 0.3 is 0 Å². The summed E-state index contributed by atoms with van der Waals surface area (Å²) in [5.41, 5.74) is 5.15. The van der Waals surface area contributed by atoms with E-state index < -0.39 is 0 Å². The van der Waals surface area contributed by atoms with Gasteiger partial charge in [0.05, 0.1) is 23.1 Å². The predicted octanol–water partition coefficient (Wildman–Crippen LogP) is 5.39. The van der Waals surface area contributed by atoms with Crippen molar-refractivity contribution in [3.63, 3.8) is 0 Å². The molecule has 3 heterocycles. The molecule has 0 bridgehead atoms. The van der Waals surface area contributed by atoms with Gasteiger partial charge in [0, 0.05) is 55.0 Å². The van der Waals surface area contributed by atoms with Crippen molar-refractivity contribution >= 4 is 27.6 Å². The van der Waals surface area contributed by atoms with Gasteiger partial charge in [0.1, 0.15) is 11.6 Å². The van der Waals surface area contributed by atoms with E-state index in [1.54, 1.807) is 6.07 Å². The average molecular weight is 504 g/mol. The Labute approximate surface area is 220 Å². The molecule has 1 saturated heterocycles. The molecule has 1 amide bonds. The number of aryl methyl sites for hydroxylation is 1. The summed E-state index contributed by atoms with van der Waals surface area (Å²) in [7, 11) is 4.03. The molecule has 1 aliphatic carbocycles. The number of phenolic OH excluding ortho intramolecular Hbond substituents is 1. The summed E-state index contributed by atoms with van der Waals surface area (Å²) in [4.78, 5) is 19.1. The molecular formula is C31H29N5O2. The van der Waals surface area contributed by atoms with E-state index in [-0.39, 0.29) is 17.1 Å². The lowest BCUT2D eigenvalue weighted by Crippen LogP contribution is -2.63. The molecule has 1 N–H and O–H groups in total. The van der Waals surface area contributed by atoms with Crippen LogP contribution in [0.3, 0.4) is 0 Å². The van der Waals surface area contributed by atoms with Crippen LogP contribution >= 0.6 is 0 Å². The van der Waals surface area contributed by atoms with Gasteiger partial charge in [-0.1, -0.05) is 36.9 Å². The molecule has 2 aromatic heterocycles. The number of rotatable bonds is 4. The van der Waals surface area contributed by atoms with Gasteiger partial charge in [-0.05, 0) is 54.0 Å². The number of aromatic hydroxyl groups is 1. The van der Waals surface area contributed by atoms with Crippen LogP contribution in [0, 0.1) is 5.41 Å². The zero-order valence-electron chi connectivity index (χ0n) is 21.6. The maximum absolute atomic E-state index is 12.0. The second-order valence-electron chi connectivity index (χ2n) is 11.0. The Kier molecular flexibility index (Phi) is 4.83. The maximum atomic E-state index is 12.0. The third kappa shape index (κ3) is 3.31. The maximum Gasteiger partial charge on any atom is 0.245 e. The summed E-state index contributed by atoms with van der Waals surface area (Å²) in [5.74, 6) is 1.62. The zero-order chi connectivity index (χ0) is 26.2. The minimum Gasteiger partial charge on any atom is -0.508 e. The second-order valence-corrected chi connectivity index (χ2v) is 11.0. The first-order valence-electron chi connectivity index (χ1n) is 13.0. The van der Waals surface area contributed by atoms with E-state index in [9.17, 15) is 9.90 Å². The number of fused-ring (bicyclic) bond motifs is 2. The largest absolute Gasteiger partial charge is 0.508 e. The van der Waals surface area contributed by atoms with Crippen molar-refractivity contribution in [2.45, 2.75) is 18.8 Å². The van der Waals surface area contributed by atoms with E-state index in [1.165, 1.54) is 6.08 Å². The average Bonchev–Trinajstić information content (AvgIpc) is 3.41. The van der Waals surface area contributed by atoms with Crippen LogP contribution in [-0.2, 0) is 18.9 Å². The fourth-order valence-corrected chi connectivity index (χ4v) is 6.67. The second kappa shape index (κ2) is 8.05. The topological polar surface area (TPSA) is 76.2 Å². The minimum absolute atomic E-state index is 0.0159. The minimum atomic E-state index is 0.0159. The third-order valence-corrected chi connectivity index (χ3v) is 8.51. The molecule has 5 aromatic rings. The first-order valence-corrected chi connectivity index (χ1v) is 13.0. The van der Waals surface area contributed by atoms with Crippen molar-refractivity contribution < 1.29 is 9.90 Å². The summed E-state index contributed by atoms with van der Waals surface area (Å²) in [6, 6.07) is 18.2. The molecule has 3 aromatic carbocycles. The number of imidazole rings is 1. The van der Waals surface area contributed by atoms with Crippen molar-refractivity contribution in [2.24, 2.45) is 19.5 Å². The van der Waals surface area contributed by atoms with Crippen LogP contribution in [0.1, 0.15) is 24.6 Å². The quantitative estimate of drug-likeness (QED) is 0.334. The lowest BCUT2D eigenvalue weighted by atomic mass is 9.57. The highest BCUT2D eigenvalue weighted by Crippen LogP contribution is 2.56. The molecule has 7 heteroatoms. The molecule has 190 valence electrons. The van der Waals surface area contributed by atoms with Crippen LogP contribution in [0.25, 0.3) is 44.2 Å². The molecule has 0 atom stereocenters. The molecule has 0 unspecified atom stereocenters. The fourth-order valence-electron chi connectivity index (χ4n) is 6.67. The number of hydrogen-bond acceptors (Lipinski definition) is 4. The number of aromatic nitrogens is 4. The summed E-state index contributed by atoms with van der Waals surface area (Å²) in [5, 5.41) is 18.2. The fraction of sp³-hybridized carbons (Fsp3) is 0.258. The summed E-state index contributed by atoms with van der Waals surface area (Å²) < 4.78 is 4.09. The van der Waals surface area contributed by atoms with Crippen LogP contribution in [-0.4, -0.2) is 48.3 Å². The zero-order valence-corrected chi connectivity index (χ0v) is 21.6. The SMILES string of the molecule is C=CC(=O)N1CC2(CC(c3nc(-c4ccc5c(cnn5C)c4)c(-c4cc(O)cc5ccccc45)n3C)C2)C1. The number of likely N-dealkylation sites (tertiary alicyclic amines) is 1. The van der Waals surface area contributed by atoms with Gasteiger partial charge in [-0.3, -0.25) is 9.48 Å². The number of hydrogen-bond donors (Lipinski definition) is 1. The monoisotopic (exact) mass is 503 g/mol. The Morgan fingerprint density at radius 1 is 1.08 bits per heavy atom. The number of nitrogens with zero attached hydrogens (tertiary/aromatic N) is 5. The first kappa shape index (κ1) is 22.8. The molecule has 1 aliphatic heterocycles.